The predicted molar refractivity (Wildman–Crippen MR) is 96.8 cm³/mol. The molecular formula is C17H21BrN2O2S. The molecule has 1 heterocycles. The molecule has 0 saturated carbocycles. The van der Waals surface area contributed by atoms with E-state index in [1.807, 2.05) is 31.2 Å². The monoisotopic (exact) mass is 396 g/mol. The fraction of sp³-hybridized carbons (Fsp3) is 0.412. The van der Waals surface area contributed by atoms with Crippen LogP contribution in [-0.4, -0.2) is 31.9 Å². The van der Waals surface area contributed by atoms with Crippen LogP contribution < -0.4 is 5.73 Å². The van der Waals surface area contributed by atoms with E-state index < -0.39 is 10.0 Å². The summed E-state index contributed by atoms with van der Waals surface area (Å²) in [7, 11) is -3.43. The summed E-state index contributed by atoms with van der Waals surface area (Å²) in [6.07, 6.45) is 1.66. The van der Waals surface area contributed by atoms with Gasteiger partial charge in [-0.05, 0) is 60.7 Å². The van der Waals surface area contributed by atoms with E-state index in [2.05, 4.69) is 15.9 Å². The molecule has 1 aliphatic rings. The third-order valence-electron chi connectivity index (χ3n) is 4.65. The zero-order valence-corrected chi connectivity index (χ0v) is 15.5. The van der Waals surface area contributed by atoms with Crippen LogP contribution in [-0.2, 0) is 10.0 Å². The molecule has 0 aliphatic carbocycles. The summed E-state index contributed by atoms with van der Waals surface area (Å²) in [5.41, 5.74) is 5.94. The van der Waals surface area contributed by atoms with Crippen LogP contribution in [0.25, 0.3) is 10.8 Å². The van der Waals surface area contributed by atoms with Gasteiger partial charge in [0.15, 0.2) is 0 Å². The normalized spacial score (nSPS) is 19.1. The van der Waals surface area contributed by atoms with Crippen LogP contribution in [0.4, 0.5) is 0 Å². The van der Waals surface area contributed by atoms with Crippen molar-refractivity contribution in [2.75, 3.05) is 13.1 Å². The molecular weight excluding hydrogens is 376 g/mol. The summed E-state index contributed by atoms with van der Waals surface area (Å²) < 4.78 is 28.3. The summed E-state index contributed by atoms with van der Waals surface area (Å²) in [4.78, 5) is 0.367. The Labute approximate surface area is 145 Å². The highest BCUT2D eigenvalue weighted by atomic mass is 79.9. The van der Waals surface area contributed by atoms with Crippen LogP contribution in [0.3, 0.4) is 0 Å². The Kier molecular flexibility index (Phi) is 4.78. The molecule has 1 fully saturated rings. The van der Waals surface area contributed by atoms with Gasteiger partial charge in [0, 0.05) is 23.6 Å². The van der Waals surface area contributed by atoms with E-state index in [9.17, 15) is 8.42 Å². The van der Waals surface area contributed by atoms with Gasteiger partial charge in [-0.2, -0.15) is 4.31 Å². The van der Waals surface area contributed by atoms with Crippen molar-refractivity contribution >= 4 is 36.7 Å². The minimum Gasteiger partial charge on any atom is -0.328 e. The lowest BCUT2D eigenvalue weighted by Crippen LogP contribution is -2.42. The van der Waals surface area contributed by atoms with Crippen LogP contribution in [0.15, 0.2) is 45.8 Å². The molecule has 1 saturated heterocycles. The number of hydrogen-bond donors (Lipinski definition) is 1. The first-order chi connectivity index (χ1) is 10.9. The Bertz CT molecular complexity index is 812. The number of hydrogen-bond acceptors (Lipinski definition) is 3. The molecule has 124 valence electrons. The molecule has 6 heteroatoms. The van der Waals surface area contributed by atoms with Crippen LogP contribution in [0.1, 0.15) is 19.8 Å². The van der Waals surface area contributed by atoms with Gasteiger partial charge in [-0.1, -0.05) is 28.1 Å². The summed E-state index contributed by atoms with van der Waals surface area (Å²) in [5, 5.41) is 1.95. The highest BCUT2D eigenvalue weighted by molar-refractivity contribution is 9.10. The van der Waals surface area contributed by atoms with Crippen molar-refractivity contribution in [3.63, 3.8) is 0 Å². The van der Waals surface area contributed by atoms with Gasteiger partial charge in [-0.3, -0.25) is 0 Å². The van der Waals surface area contributed by atoms with E-state index in [1.54, 1.807) is 16.4 Å². The first kappa shape index (κ1) is 16.9. The second kappa shape index (κ2) is 6.51. The van der Waals surface area contributed by atoms with Crippen molar-refractivity contribution in [1.29, 1.82) is 0 Å². The molecule has 0 amide bonds. The van der Waals surface area contributed by atoms with Crippen LogP contribution in [0, 0.1) is 5.92 Å². The SMILES string of the molecule is CC(N)C1CCN(S(=O)(=O)c2ccc3cc(Br)ccc3c2)CC1. The first-order valence-corrected chi connectivity index (χ1v) is 10.1. The molecule has 0 spiro atoms. The van der Waals surface area contributed by atoms with E-state index in [4.69, 9.17) is 5.73 Å². The van der Waals surface area contributed by atoms with Gasteiger partial charge in [0.05, 0.1) is 4.90 Å². The molecule has 23 heavy (non-hydrogen) atoms. The van der Waals surface area contributed by atoms with E-state index >= 15 is 0 Å². The first-order valence-electron chi connectivity index (χ1n) is 7.83. The van der Waals surface area contributed by atoms with Crippen molar-refractivity contribution in [3.8, 4) is 0 Å². The lowest BCUT2D eigenvalue weighted by Gasteiger charge is -2.33. The molecule has 0 bridgehead atoms. The van der Waals surface area contributed by atoms with Crippen molar-refractivity contribution in [2.45, 2.75) is 30.7 Å². The zero-order chi connectivity index (χ0) is 16.6. The number of benzene rings is 2. The van der Waals surface area contributed by atoms with Crippen molar-refractivity contribution in [2.24, 2.45) is 11.7 Å². The number of halogens is 1. The Morgan fingerprint density at radius 1 is 1.13 bits per heavy atom. The number of nitrogens with two attached hydrogens (primary N) is 1. The standard InChI is InChI=1S/C17H21BrN2O2S/c1-12(19)13-6-8-20(9-7-13)23(21,22)17-5-3-14-10-16(18)4-2-15(14)11-17/h2-5,10-13H,6-9,19H2,1H3. The van der Waals surface area contributed by atoms with Crippen molar-refractivity contribution in [3.05, 3.63) is 40.9 Å². The maximum Gasteiger partial charge on any atom is 0.243 e. The summed E-state index contributed by atoms with van der Waals surface area (Å²) >= 11 is 3.43. The average molecular weight is 397 g/mol. The molecule has 1 aliphatic heterocycles. The predicted octanol–water partition coefficient (Wildman–Crippen LogP) is 3.35. The van der Waals surface area contributed by atoms with E-state index in [0.29, 0.717) is 23.9 Å². The number of nitrogens with zero attached hydrogens (tertiary/aromatic N) is 1. The minimum atomic E-state index is -3.43. The molecule has 1 unspecified atom stereocenters. The van der Waals surface area contributed by atoms with Crippen molar-refractivity contribution < 1.29 is 8.42 Å². The maximum absolute atomic E-state index is 12.9. The number of sulfonamides is 1. The second-order valence-corrected chi connectivity index (χ2v) is 9.11. The van der Waals surface area contributed by atoms with Gasteiger partial charge in [-0.15, -0.1) is 0 Å². The third-order valence-corrected chi connectivity index (χ3v) is 7.04. The van der Waals surface area contributed by atoms with Crippen LogP contribution in [0.5, 0.6) is 0 Å². The highest BCUT2D eigenvalue weighted by Crippen LogP contribution is 2.28. The van der Waals surface area contributed by atoms with Gasteiger partial charge in [0.1, 0.15) is 0 Å². The number of piperidine rings is 1. The van der Waals surface area contributed by atoms with Crippen LogP contribution in [0.2, 0.25) is 0 Å². The molecule has 2 N–H and O–H groups in total. The molecule has 0 aromatic heterocycles. The smallest absolute Gasteiger partial charge is 0.243 e. The molecule has 2 aromatic rings. The summed E-state index contributed by atoms with van der Waals surface area (Å²) in [6, 6.07) is 11.3. The average Bonchev–Trinajstić information content (AvgIpc) is 2.54. The summed E-state index contributed by atoms with van der Waals surface area (Å²) in [5.74, 6) is 0.412. The van der Waals surface area contributed by atoms with Crippen molar-refractivity contribution in [1.82, 2.24) is 4.31 Å². The fourth-order valence-electron chi connectivity index (χ4n) is 3.15. The Morgan fingerprint density at radius 3 is 2.39 bits per heavy atom. The molecule has 3 rings (SSSR count). The Balaban J connectivity index is 1.87. The Morgan fingerprint density at radius 2 is 1.74 bits per heavy atom. The lowest BCUT2D eigenvalue weighted by atomic mass is 9.92. The Hall–Kier alpha value is -0.950. The van der Waals surface area contributed by atoms with Gasteiger partial charge < -0.3 is 5.73 Å². The second-order valence-electron chi connectivity index (χ2n) is 6.25. The van der Waals surface area contributed by atoms with Gasteiger partial charge in [0.25, 0.3) is 0 Å². The van der Waals surface area contributed by atoms with Crippen LogP contribution >= 0.6 is 15.9 Å². The quantitative estimate of drug-likeness (QED) is 0.864. The zero-order valence-electron chi connectivity index (χ0n) is 13.1. The molecule has 2 aromatic carbocycles. The lowest BCUT2D eigenvalue weighted by molar-refractivity contribution is 0.251. The highest BCUT2D eigenvalue weighted by Gasteiger charge is 2.30. The van der Waals surface area contributed by atoms with E-state index in [1.165, 1.54) is 0 Å². The topological polar surface area (TPSA) is 63.4 Å². The number of fused-ring (bicyclic) bond motifs is 1. The van der Waals surface area contributed by atoms with E-state index in [-0.39, 0.29) is 6.04 Å². The summed E-state index contributed by atoms with van der Waals surface area (Å²) in [6.45, 7) is 3.09. The van der Waals surface area contributed by atoms with Gasteiger partial charge in [0.2, 0.25) is 10.0 Å². The molecule has 0 radical (unpaired) electrons. The molecule has 1 atom stereocenters. The maximum atomic E-state index is 12.9. The third kappa shape index (κ3) is 3.45. The van der Waals surface area contributed by atoms with Gasteiger partial charge in [-0.25, -0.2) is 8.42 Å². The minimum absolute atomic E-state index is 0.124. The largest absolute Gasteiger partial charge is 0.328 e. The fourth-order valence-corrected chi connectivity index (χ4v) is 5.03. The van der Waals surface area contributed by atoms with Gasteiger partial charge >= 0.3 is 0 Å². The number of rotatable bonds is 3. The molecule has 4 nitrogen and oxygen atoms in total. The van der Waals surface area contributed by atoms with E-state index in [0.717, 1.165) is 28.1 Å².